The zero-order chi connectivity index (χ0) is 20.4. The molecule has 0 aromatic heterocycles. The van der Waals surface area contributed by atoms with Crippen LogP contribution in [0.15, 0.2) is 60.7 Å². The van der Waals surface area contributed by atoms with E-state index in [1.807, 2.05) is 0 Å². The Hall–Kier alpha value is -2.31. The molecular weight excluding hydrogens is 359 g/mol. The van der Waals surface area contributed by atoms with Crippen LogP contribution in [0.25, 0.3) is 0 Å². The Balaban J connectivity index is 2.36. The van der Waals surface area contributed by atoms with Crippen molar-refractivity contribution in [3.8, 4) is 0 Å². The highest BCUT2D eigenvalue weighted by molar-refractivity contribution is 7.80. The van der Waals surface area contributed by atoms with Gasteiger partial charge in [0, 0.05) is 50.2 Å². The lowest BCUT2D eigenvalue weighted by Crippen LogP contribution is -2.30. The van der Waals surface area contributed by atoms with E-state index < -0.39 is 7.92 Å². The van der Waals surface area contributed by atoms with Crippen LogP contribution in [-0.2, 0) is 0 Å². The van der Waals surface area contributed by atoms with Crippen molar-refractivity contribution >= 4 is 35.2 Å². The lowest BCUT2D eigenvalue weighted by Gasteiger charge is -2.30. The Morgan fingerprint density at radius 2 is 1.00 bits per heavy atom. The van der Waals surface area contributed by atoms with Gasteiger partial charge in [-0.25, -0.2) is 0 Å². The van der Waals surface area contributed by atoms with Crippen molar-refractivity contribution in [2.45, 2.75) is 20.8 Å². The summed E-state index contributed by atoms with van der Waals surface area (Å²) < 4.78 is 0. The van der Waals surface area contributed by atoms with Gasteiger partial charge >= 0.3 is 0 Å². The summed E-state index contributed by atoms with van der Waals surface area (Å²) in [6.45, 7) is 6.73. The molecule has 0 unspecified atom stereocenters. The highest BCUT2D eigenvalue weighted by atomic mass is 31.1. The molecule has 0 amide bonds. The number of hydrogen-bond acceptors (Lipinski definition) is 2. The normalized spacial score (nSPS) is 11.0. The first-order chi connectivity index (χ1) is 13.3. The maximum absolute atomic E-state index is 2.35. The summed E-state index contributed by atoms with van der Waals surface area (Å²) in [5.41, 5.74) is 6.75. The zero-order valence-corrected chi connectivity index (χ0v) is 19.0. The Kier molecular flexibility index (Phi) is 6.10. The number of anilines is 2. The van der Waals surface area contributed by atoms with Crippen LogP contribution in [0.5, 0.6) is 0 Å². The average molecular weight is 391 g/mol. The number of nitrogens with zero attached hydrogens (tertiary/aromatic N) is 2. The van der Waals surface area contributed by atoms with Crippen molar-refractivity contribution in [3.05, 3.63) is 77.4 Å². The molecule has 0 heterocycles. The van der Waals surface area contributed by atoms with Gasteiger partial charge in [-0.05, 0) is 62.8 Å². The Bertz CT molecular complexity index is 925. The summed E-state index contributed by atoms with van der Waals surface area (Å²) in [4.78, 5) is 4.47. The van der Waals surface area contributed by atoms with Crippen molar-refractivity contribution in [3.63, 3.8) is 0 Å². The molecule has 0 radical (unpaired) electrons. The summed E-state index contributed by atoms with van der Waals surface area (Å²) in [5.74, 6) is 0. The second kappa shape index (κ2) is 8.37. The molecule has 0 bridgehead atoms. The molecule has 3 aromatic carbocycles. The highest BCUT2D eigenvalue weighted by Gasteiger charge is 2.25. The largest absolute Gasteiger partial charge is 0.377 e. The lowest BCUT2D eigenvalue weighted by molar-refractivity contribution is 1.14. The molecule has 146 valence electrons. The van der Waals surface area contributed by atoms with Gasteiger partial charge in [0.2, 0.25) is 0 Å². The molecule has 0 N–H and O–H groups in total. The van der Waals surface area contributed by atoms with Crippen molar-refractivity contribution < 1.29 is 0 Å². The molecule has 0 saturated heterocycles. The lowest BCUT2D eigenvalue weighted by atomic mass is 10.1. The molecule has 28 heavy (non-hydrogen) atoms. The first-order valence-corrected chi connectivity index (χ1v) is 11.1. The summed E-state index contributed by atoms with van der Waals surface area (Å²) in [5, 5.41) is 4.26. The number of benzene rings is 3. The maximum Gasteiger partial charge on any atom is 0.0445 e. The quantitative estimate of drug-likeness (QED) is 0.592. The third kappa shape index (κ3) is 3.80. The molecule has 0 spiro atoms. The third-order valence-corrected chi connectivity index (χ3v) is 8.17. The molecule has 3 rings (SSSR count). The van der Waals surface area contributed by atoms with E-state index in [1.54, 1.807) is 0 Å². The molecule has 0 fully saturated rings. The minimum absolute atomic E-state index is 0.685. The van der Waals surface area contributed by atoms with E-state index in [2.05, 4.69) is 119 Å². The van der Waals surface area contributed by atoms with Crippen LogP contribution >= 0.6 is 7.92 Å². The average Bonchev–Trinajstić information content (AvgIpc) is 2.68. The molecule has 2 nitrogen and oxygen atoms in total. The van der Waals surface area contributed by atoms with E-state index >= 15 is 0 Å². The van der Waals surface area contributed by atoms with E-state index in [0.717, 1.165) is 0 Å². The maximum atomic E-state index is 2.35. The minimum Gasteiger partial charge on any atom is -0.377 e. The Labute approximate surface area is 171 Å². The fraction of sp³-hybridized carbons (Fsp3) is 0.280. The van der Waals surface area contributed by atoms with Crippen molar-refractivity contribution in [1.29, 1.82) is 0 Å². The number of aryl methyl sites for hydroxylation is 1. The first kappa shape index (κ1) is 20.4. The standard InChI is InChI=1S/C25H31N2P/c1-18-16-17-23(20(3)19(18)2)28(24-14-10-8-12-21(24)26(4)5)25-15-11-9-13-22(25)27(6)7/h8-17H,1-7H3. The van der Waals surface area contributed by atoms with Gasteiger partial charge in [-0.15, -0.1) is 0 Å². The fourth-order valence-electron chi connectivity index (χ4n) is 3.64. The van der Waals surface area contributed by atoms with Crippen LogP contribution in [0, 0.1) is 20.8 Å². The molecular formula is C25H31N2P. The summed E-state index contributed by atoms with van der Waals surface area (Å²) >= 11 is 0. The smallest absolute Gasteiger partial charge is 0.0445 e. The van der Waals surface area contributed by atoms with Gasteiger partial charge in [-0.3, -0.25) is 0 Å². The van der Waals surface area contributed by atoms with E-state index in [4.69, 9.17) is 0 Å². The summed E-state index contributed by atoms with van der Waals surface area (Å²) in [6, 6.07) is 22.3. The minimum atomic E-state index is -0.685. The molecule has 0 aliphatic rings. The summed E-state index contributed by atoms with van der Waals surface area (Å²) in [6.07, 6.45) is 0. The fourth-order valence-corrected chi connectivity index (χ4v) is 6.62. The van der Waals surface area contributed by atoms with Gasteiger partial charge in [0.25, 0.3) is 0 Å². The molecule has 3 aromatic rings. The Morgan fingerprint density at radius 1 is 0.536 bits per heavy atom. The van der Waals surface area contributed by atoms with Crippen LogP contribution < -0.4 is 25.7 Å². The van der Waals surface area contributed by atoms with Crippen LogP contribution in [0.3, 0.4) is 0 Å². The van der Waals surface area contributed by atoms with Gasteiger partial charge in [0.15, 0.2) is 0 Å². The van der Waals surface area contributed by atoms with Crippen LogP contribution in [0.2, 0.25) is 0 Å². The van der Waals surface area contributed by atoms with E-state index in [0.29, 0.717) is 0 Å². The van der Waals surface area contributed by atoms with Crippen LogP contribution in [0.4, 0.5) is 11.4 Å². The highest BCUT2D eigenvalue weighted by Crippen LogP contribution is 2.40. The Morgan fingerprint density at radius 3 is 1.46 bits per heavy atom. The molecule has 0 aliphatic heterocycles. The van der Waals surface area contributed by atoms with Crippen LogP contribution in [-0.4, -0.2) is 28.2 Å². The van der Waals surface area contributed by atoms with Gasteiger partial charge in [-0.1, -0.05) is 48.5 Å². The number of hydrogen-bond donors (Lipinski definition) is 0. The SMILES string of the molecule is Cc1ccc(P(c2ccccc2N(C)C)c2ccccc2N(C)C)c(C)c1C. The number of rotatable bonds is 5. The summed E-state index contributed by atoms with van der Waals surface area (Å²) in [7, 11) is 7.86. The van der Waals surface area contributed by atoms with E-state index in [-0.39, 0.29) is 0 Å². The van der Waals surface area contributed by atoms with Crippen molar-refractivity contribution in [2.75, 3.05) is 38.0 Å². The third-order valence-electron chi connectivity index (χ3n) is 5.48. The van der Waals surface area contributed by atoms with Gasteiger partial charge in [0.05, 0.1) is 0 Å². The van der Waals surface area contributed by atoms with Gasteiger partial charge < -0.3 is 9.80 Å². The molecule has 0 saturated carbocycles. The molecule has 3 heteroatoms. The predicted molar refractivity (Wildman–Crippen MR) is 128 cm³/mol. The second-order valence-corrected chi connectivity index (χ2v) is 9.87. The predicted octanol–water partition coefficient (Wildman–Crippen LogP) is 4.50. The topological polar surface area (TPSA) is 6.48 Å². The molecule has 0 aliphatic carbocycles. The first-order valence-electron chi connectivity index (χ1n) is 9.72. The number of para-hydroxylation sites is 2. The van der Waals surface area contributed by atoms with Crippen molar-refractivity contribution in [1.82, 2.24) is 0 Å². The van der Waals surface area contributed by atoms with Crippen molar-refractivity contribution in [2.24, 2.45) is 0 Å². The van der Waals surface area contributed by atoms with Crippen LogP contribution in [0.1, 0.15) is 16.7 Å². The van der Waals surface area contributed by atoms with E-state index in [9.17, 15) is 0 Å². The monoisotopic (exact) mass is 390 g/mol. The van der Waals surface area contributed by atoms with Gasteiger partial charge in [-0.2, -0.15) is 0 Å². The molecule has 0 atom stereocenters. The van der Waals surface area contributed by atoms with E-state index in [1.165, 1.54) is 44.0 Å². The zero-order valence-electron chi connectivity index (χ0n) is 18.1. The second-order valence-electron chi connectivity index (χ2n) is 7.75. The van der Waals surface area contributed by atoms with Gasteiger partial charge in [0.1, 0.15) is 0 Å².